The second kappa shape index (κ2) is 7.56. The largest absolute Gasteiger partial charge is 0.481 e. The molecule has 0 saturated heterocycles. The van der Waals surface area contributed by atoms with Crippen molar-refractivity contribution in [3.05, 3.63) is 4.91 Å². The molecular formula is C13H26N3O5+. The highest BCUT2D eigenvalue weighted by molar-refractivity contribution is 5.70. The number of methoxy groups -OCH3 is 1. The molecule has 0 aromatic heterocycles. The first-order chi connectivity index (χ1) is 9.75. The molecule has 1 aliphatic carbocycles. The predicted molar refractivity (Wildman–Crippen MR) is 74.9 cm³/mol. The van der Waals surface area contributed by atoms with Crippen LogP contribution < -0.4 is 5.59 Å². The van der Waals surface area contributed by atoms with Crippen molar-refractivity contribution in [3.8, 4) is 0 Å². The number of hydrazine groups is 2. The minimum atomic E-state index is -0.809. The van der Waals surface area contributed by atoms with Gasteiger partial charge in [0.05, 0.1) is 29.1 Å². The van der Waals surface area contributed by atoms with E-state index in [1.807, 2.05) is 20.8 Å². The van der Waals surface area contributed by atoms with Crippen molar-refractivity contribution in [2.45, 2.75) is 51.7 Å². The fraction of sp³-hybridized carbons (Fsp3) is 0.923. The minimum Gasteiger partial charge on any atom is -0.481 e. The molecule has 0 bridgehead atoms. The summed E-state index contributed by atoms with van der Waals surface area (Å²) in [4.78, 5) is 28.8. The Morgan fingerprint density at radius 2 is 2.10 bits per heavy atom. The van der Waals surface area contributed by atoms with Crippen LogP contribution in [0.5, 0.6) is 0 Å². The molecule has 0 aromatic carbocycles. The van der Waals surface area contributed by atoms with Crippen LogP contribution in [0.2, 0.25) is 0 Å². The number of carboxylic acid groups (broad SMARTS) is 1. The lowest BCUT2D eigenvalue weighted by molar-refractivity contribution is -0.802. The Kier molecular flexibility index (Phi) is 6.35. The Morgan fingerprint density at radius 1 is 1.43 bits per heavy atom. The van der Waals surface area contributed by atoms with Crippen LogP contribution in [-0.2, 0) is 14.4 Å². The number of ether oxygens (including phenoxy) is 1. The maximum atomic E-state index is 12.1. The molecule has 0 amide bonds. The van der Waals surface area contributed by atoms with Crippen LogP contribution in [0.25, 0.3) is 0 Å². The summed E-state index contributed by atoms with van der Waals surface area (Å²) in [5.41, 5.74) is 1.96. The van der Waals surface area contributed by atoms with E-state index < -0.39 is 11.5 Å². The summed E-state index contributed by atoms with van der Waals surface area (Å²) in [6, 6.07) is 0. The van der Waals surface area contributed by atoms with Crippen LogP contribution >= 0.6 is 0 Å². The molecule has 122 valence electrons. The Bertz CT molecular complexity index is 369. The van der Waals surface area contributed by atoms with Gasteiger partial charge in [-0.2, -0.15) is 0 Å². The molecule has 2 N–H and O–H groups in total. The van der Waals surface area contributed by atoms with Crippen molar-refractivity contribution in [2.75, 3.05) is 20.3 Å². The number of carboxylic acids is 1. The van der Waals surface area contributed by atoms with E-state index in [1.165, 1.54) is 0 Å². The van der Waals surface area contributed by atoms with Gasteiger partial charge in [0, 0.05) is 12.7 Å². The maximum absolute atomic E-state index is 12.1. The molecule has 0 aliphatic heterocycles. The van der Waals surface area contributed by atoms with E-state index in [0.29, 0.717) is 37.4 Å². The van der Waals surface area contributed by atoms with E-state index in [2.05, 4.69) is 5.59 Å². The second-order valence-electron chi connectivity index (χ2n) is 6.24. The number of nitroso groups, excluding NO2 is 1. The molecule has 2 atom stereocenters. The Balaban J connectivity index is 2.45. The number of hydrogen-bond donors (Lipinski definition) is 2. The van der Waals surface area contributed by atoms with Crippen molar-refractivity contribution in [3.63, 3.8) is 0 Å². The van der Waals surface area contributed by atoms with Crippen LogP contribution in [0.3, 0.4) is 0 Å². The topological polar surface area (TPSA) is 91.1 Å². The van der Waals surface area contributed by atoms with Gasteiger partial charge in [0.25, 0.3) is 4.98 Å². The molecule has 1 saturated carbocycles. The fourth-order valence-corrected chi connectivity index (χ4v) is 2.32. The summed E-state index contributed by atoms with van der Waals surface area (Å²) < 4.78 is 4.99. The lowest BCUT2D eigenvalue weighted by Gasteiger charge is -2.26. The minimum absolute atomic E-state index is 0.258. The monoisotopic (exact) mass is 304 g/mol. The third-order valence-electron chi connectivity index (χ3n) is 3.53. The van der Waals surface area contributed by atoms with Gasteiger partial charge in [0.1, 0.15) is 6.54 Å². The summed E-state index contributed by atoms with van der Waals surface area (Å²) in [6.45, 7) is 6.56. The first-order valence-electron chi connectivity index (χ1n) is 7.13. The zero-order valence-electron chi connectivity index (χ0n) is 13.2. The summed E-state index contributed by atoms with van der Waals surface area (Å²) in [5.74, 6) is -1.19. The normalized spacial score (nSPS) is 22.1. The smallest absolute Gasteiger partial charge is 0.306 e. The van der Waals surface area contributed by atoms with E-state index in [9.17, 15) is 9.70 Å². The zero-order chi connectivity index (χ0) is 16.0. The lowest BCUT2D eigenvalue weighted by atomic mass is 10.1. The molecule has 0 heterocycles. The van der Waals surface area contributed by atoms with Gasteiger partial charge in [-0.25, -0.2) is 4.84 Å². The fourth-order valence-electron chi connectivity index (χ4n) is 2.32. The van der Waals surface area contributed by atoms with Gasteiger partial charge in [-0.1, -0.05) is 0 Å². The molecule has 8 nitrogen and oxygen atoms in total. The standard InChI is InChI=1S/C13H25N3O5/c1-13(2,3)15(7-8-20-4)16(19)14-21-11-6-5-10(9-11)12(17)18/h10-11H,5-9H2,1-4H3,(H-,14,17,18,19)/p+1/t10-,11-/m1/s1. The molecule has 1 rings (SSSR count). The molecule has 0 aromatic rings. The molecule has 1 fully saturated rings. The molecule has 21 heavy (non-hydrogen) atoms. The number of hydrogen-bond acceptors (Lipinski definition) is 4. The Labute approximate surface area is 124 Å². The third kappa shape index (κ3) is 5.47. The van der Waals surface area contributed by atoms with E-state index in [0.717, 1.165) is 0 Å². The molecule has 0 spiro atoms. The maximum Gasteiger partial charge on any atom is 0.306 e. The molecule has 1 aliphatic rings. The van der Waals surface area contributed by atoms with Crippen molar-refractivity contribution < 1.29 is 24.5 Å². The van der Waals surface area contributed by atoms with E-state index in [4.69, 9.17) is 14.7 Å². The van der Waals surface area contributed by atoms with Gasteiger partial charge in [0.15, 0.2) is 0 Å². The summed E-state index contributed by atoms with van der Waals surface area (Å²) in [7, 11) is 1.57. The van der Waals surface area contributed by atoms with Crippen LogP contribution in [-0.4, -0.2) is 53.0 Å². The molecule has 0 unspecified atom stereocenters. The molecular weight excluding hydrogens is 278 g/mol. The average Bonchev–Trinajstić information content (AvgIpc) is 2.84. The average molecular weight is 304 g/mol. The number of rotatable bonds is 8. The SMILES string of the molecule is COCCN([N+](=O)NO[C@@H]1CC[C@@H](C(=O)O)C1)C(C)(C)C. The first kappa shape index (κ1) is 17.6. The second-order valence-corrected chi connectivity index (χ2v) is 6.24. The van der Waals surface area contributed by atoms with Crippen LogP contribution in [0.15, 0.2) is 0 Å². The third-order valence-corrected chi connectivity index (χ3v) is 3.53. The molecule has 0 radical (unpaired) electrons. The van der Waals surface area contributed by atoms with Crippen molar-refractivity contribution >= 4 is 5.97 Å². The highest BCUT2D eigenvalue weighted by atomic mass is 16.7. The predicted octanol–water partition coefficient (Wildman–Crippen LogP) is 1.12. The highest BCUT2D eigenvalue weighted by Crippen LogP contribution is 2.27. The quantitative estimate of drug-likeness (QED) is 0.513. The van der Waals surface area contributed by atoms with Gasteiger partial charge < -0.3 is 9.84 Å². The molecule has 8 heteroatoms. The summed E-state index contributed by atoms with van der Waals surface area (Å²) in [5, 5.41) is 10.5. The van der Waals surface area contributed by atoms with Gasteiger partial charge in [-0.3, -0.25) is 4.79 Å². The van der Waals surface area contributed by atoms with Crippen LogP contribution in [0.4, 0.5) is 0 Å². The van der Waals surface area contributed by atoms with Crippen LogP contribution in [0.1, 0.15) is 40.0 Å². The number of carbonyl (C=O) groups is 1. The van der Waals surface area contributed by atoms with Crippen molar-refractivity contribution in [1.82, 2.24) is 10.6 Å². The number of aliphatic carboxylic acids is 1. The van der Waals surface area contributed by atoms with E-state index in [1.54, 1.807) is 12.1 Å². The van der Waals surface area contributed by atoms with Gasteiger partial charge in [-0.05, 0) is 40.0 Å². The van der Waals surface area contributed by atoms with Gasteiger partial charge in [0.2, 0.25) is 0 Å². The first-order valence-corrected chi connectivity index (χ1v) is 7.13. The van der Waals surface area contributed by atoms with Gasteiger partial charge >= 0.3 is 5.97 Å². The van der Waals surface area contributed by atoms with E-state index >= 15 is 0 Å². The van der Waals surface area contributed by atoms with Gasteiger partial charge in [-0.15, -0.1) is 5.01 Å². The van der Waals surface area contributed by atoms with Crippen molar-refractivity contribution in [1.29, 1.82) is 0 Å². The lowest BCUT2D eigenvalue weighted by Crippen LogP contribution is -2.53. The van der Waals surface area contributed by atoms with Crippen LogP contribution in [0, 0.1) is 10.8 Å². The Hall–Kier alpha value is -1.41. The summed E-state index contributed by atoms with van der Waals surface area (Å²) >= 11 is 0. The Morgan fingerprint density at radius 3 is 2.57 bits per heavy atom. The zero-order valence-corrected chi connectivity index (χ0v) is 13.2. The van der Waals surface area contributed by atoms with E-state index in [-0.39, 0.29) is 12.0 Å². The number of nitrogens with one attached hydrogen (secondary N) is 1. The number of nitrogens with zero attached hydrogens (tertiary/aromatic N) is 2. The highest BCUT2D eigenvalue weighted by Gasteiger charge is 2.36. The van der Waals surface area contributed by atoms with Crippen molar-refractivity contribution in [2.24, 2.45) is 5.92 Å². The summed E-state index contributed by atoms with van der Waals surface area (Å²) in [6.07, 6.45) is 1.37.